The van der Waals surface area contributed by atoms with Crippen LogP contribution < -0.4 is 4.90 Å². The van der Waals surface area contributed by atoms with Crippen molar-refractivity contribution in [3.8, 4) is 0 Å². The zero-order valence-corrected chi connectivity index (χ0v) is 19.4. The van der Waals surface area contributed by atoms with E-state index in [2.05, 4.69) is 28.1 Å². The summed E-state index contributed by atoms with van der Waals surface area (Å²) in [5.41, 5.74) is 1.06. The van der Waals surface area contributed by atoms with E-state index in [4.69, 9.17) is 11.6 Å². The van der Waals surface area contributed by atoms with Crippen molar-refractivity contribution in [1.29, 1.82) is 0 Å². The number of benzene rings is 2. The second-order valence-corrected chi connectivity index (χ2v) is 10.5. The van der Waals surface area contributed by atoms with Gasteiger partial charge in [-0.3, -0.25) is 24.2 Å². The second kappa shape index (κ2) is 7.29. The Bertz CT molecular complexity index is 1130. The van der Waals surface area contributed by atoms with Gasteiger partial charge >= 0.3 is 0 Å². The number of anilines is 1. The van der Waals surface area contributed by atoms with Gasteiger partial charge in [-0.1, -0.05) is 39.7 Å². The van der Waals surface area contributed by atoms with Crippen LogP contribution in [0, 0.1) is 35.5 Å². The van der Waals surface area contributed by atoms with Crippen molar-refractivity contribution in [2.45, 2.75) is 6.42 Å². The molecule has 7 heteroatoms. The van der Waals surface area contributed by atoms with Crippen LogP contribution in [0.5, 0.6) is 0 Å². The maximum Gasteiger partial charge on any atom is 0.259 e. The third-order valence-corrected chi connectivity index (χ3v) is 8.29. The predicted molar refractivity (Wildman–Crippen MR) is 124 cm³/mol. The molecule has 6 unspecified atom stereocenters. The lowest BCUT2D eigenvalue weighted by Crippen LogP contribution is -2.45. The Balaban J connectivity index is 1.33. The number of hydrogen-bond acceptors (Lipinski definition) is 3. The molecule has 3 fully saturated rings. The zero-order chi connectivity index (χ0) is 22.1. The summed E-state index contributed by atoms with van der Waals surface area (Å²) in [4.78, 5) is 43.1. The van der Waals surface area contributed by atoms with Gasteiger partial charge < -0.3 is 0 Å². The molecule has 5 nitrogen and oxygen atoms in total. The van der Waals surface area contributed by atoms with Crippen molar-refractivity contribution < 1.29 is 14.4 Å². The Morgan fingerprint density at radius 1 is 0.938 bits per heavy atom. The molecule has 1 saturated heterocycles. The van der Waals surface area contributed by atoms with Gasteiger partial charge in [0.05, 0.1) is 11.8 Å². The first-order chi connectivity index (χ1) is 15.4. The number of carbonyl (C=O) groups is 3. The van der Waals surface area contributed by atoms with Crippen molar-refractivity contribution in [1.82, 2.24) is 4.90 Å². The van der Waals surface area contributed by atoms with E-state index in [0.717, 1.165) is 10.9 Å². The number of imide groups is 1. The monoisotopic (exact) mass is 510 g/mol. The average Bonchev–Trinajstić information content (AvgIpc) is 3.58. The van der Waals surface area contributed by atoms with Gasteiger partial charge in [0.2, 0.25) is 11.8 Å². The highest BCUT2D eigenvalue weighted by Crippen LogP contribution is 2.65. The molecule has 5 aliphatic rings. The standard InChI is InChI=1S/C25H20BrClN2O3/c26-14-3-1-13(2-4-14)23(30)28(16-7-5-15(27)6-8-16)12-29-24(31)21-17-9-10-18(20-11-19(17)20)22(21)25(29)32/h1-10,17-22H,11-12H2. The normalized spacial score (nSPS) is 31.5. The van der Waals surface area contributed by atoms with Crippen LogP contribution in [0.25, 0.3) is 0 Å². The van der Waals surface area contributed by atoms with Crippen LogP contribution in [0.1, 0.15) is 16.8 Å². The second-order valence-electron chi connectivity index (χ2n) is 9.12. The summed E-state index contributed by atoms with van der Waals surface area (Å²) in [6, 6.07) is 13.9. The number of rotatable bonds is 4. The van der Waals surface area contributed by atoms with E-state index in [1.165, 1.54) is 9.80 Å². The summed E-state index contributed by atoms with van der Waals surface area (Å²) in [5.74, 6) is 0.260. The van der Waals surface area contributed by atoms with E-state index in [1.54, 1.807) is 48.5 Å². The van der Waals surface area contributed by atoms with Gasteiger partial charge in [-0.25, -0.2) is 0 Å². The fourth-order valence-corrected chi connectivity index (χ4v) is 6.32. The largest absolute Gasteiger partial charge is 0.290 e. The van der Waals surface area contributed by atoms with E-state index in [-0.39, 0.29) is 48.1 Å². The lowest BCUT2D eigenvalue weighted by Gasteiger charge is -2.37. The molecule has 0 N–H and O–H groups in total. The number of amides is 3. The Kier molecular flexibility index (Phi) is 4.60. The highest BCUT2D eigenvalue weighted by molar-refractivity contribution is 9.10. The predicted octanol–water partition coefficient (Wildman–Crippen LogP) is 4.76. The number of nitrogens with zero attached hydrogens (tertiary/aromatic N) is 2. The summed E-state index contributed by atoms with van der Waals surface area (Å²) >= 11 is 9.44. The van der Waals surface area contributed by atoms with Crippen molar-refractivity contribution >= 4 is 50.9 Å². The first-order valence-electron chi connectivity index (χ1n) is 10.8. The van der Waals surface area contributed by atoms with E-state index >= 15 is 0 Å². The maximum atomic E-state index is 13.5. The van der Waals surface area contributed by atoms with Crippen molar-refractivity contribution in [2.75, 3.05) is 11.6 Å². The zero-order valence-electron chi connectivity index (χ0n) is 17.0. The SMILES string of the molecule is O=C1C2C3C=CC(C4CC34)C2C(=O)N1CN(C(=O)c1ccc(Br)cc1)c1ccc(Cl)cc1. The van der Waals surface area contributed by atoms with Crippen molar-refractivity contribution in [3.05, 3.63) is 75.7 Å². The van der Waals surface area contributed by atoms with Crippen LogP contribution in [0.3, 0.4) is 0 Å². The van der Waals surface area contributed by atoms with Crippen molar-refractivity contribution in [2.24, 2.45) is 35.5 Å². The minimum absolute atomic E-state index is 0.101. The van der Waals surface area contributed by atoms with Crippen LogP contribution >= 0.6 is 27.5 Å². The molecule has 1 aliphatic heterocycles. The van der Waals surface area contributed by atoms with Gasteiger partial charge in [0.15, 0.2) is 0 Å². The van der Waals surface area contributed by atoms with Crippen LogP contribution in [0.2, 0.25) is 5.02 Å². The number of halogens is 2. The molecular formula is C25H20BrClN2O3. The molecule has 2 aromatic carbocycles. The van der Waals surface area contributed by atoms with Crippen LogP contribution in [-0.2, 0) is 9.59 Å². The Hall–Kier alpha value is -2.44. The molecule has 2 saturated carbocycles. The first-order valence-corrected chi connectivity index (χ1v) is 12.0. The summed E-state index contributed by atoms with van der Waals surface area (Å²) in [6.07, 6.45) is 5.42. The molecule has 2 aromatic rings. The summed E-state index contributed by atoms with van der Waals surface area (Å²) in [7, 11) is 0. The van der Waals surface area contributed by atoms with Gasteiger partial charge in [-0.15, -0.1) is 0 Å². The third kappa shape index (κ3) is 3.00. The van der Waals surface area contributed by atoms with Crippen LogP contribution in [-0.4, -0.2) is 29.3 Å². The van der Waals surface area contributed by atoms with Crippen LogP contribution in [0.15, 0.2) is 65.2 Å². The fraction of sp³-hybridized carbons (Fsp3) is 0.320. The van der Waals surface area contributed by atoms with Gasteiger partial charge in [0.1, 0.15) is 6.67 Å². The highest BCUT2D eigenvalue weighted by atomic mass is 79.9. The number of carbonyl (C=O) groups excluding carboxylic acids is 3. The lowest BCUT2D eigenvalue weighted by molar-refractivity contribution is -0.140. The Morgan fingerprint density at radius 2 is 1.50 bits per heavy atom. The summed E-state index contributed by atoms with van der Waals surface area (Å²) in [6.45, 7) is -0.101. The molecule has 32 heavy (non-hydrogen) atoms. The molecular weight excluding hydrogens is 492 g/mol. The van der Waals surface area contributed by atoms with Gasteiger partial charge in [-0.2, -0.15) is 0 Å². The Morgan fingerprint density at radius 3 is 2.06 bits per heavy atom. The minimum atomic E-state index is -0.281. The molecule has 3 amide bonds. The number of allylic oxidation sites excluding steroid dienone is 2. The average molecular weight is 512 g/mol. The maximum absolute atomic E-state index is 13.5. The van der Waals surface area contributed by atoms with Gasteiger partial charge in [0, 0.05) is 20.7 Å². The first kappa shape index (κ1) is 20.2. The number of likely N-dealkylation sites (tertiary alicyclic amines) is 1. The molecule has 4 aliphatic carbocycles. The van der Waals surface area contributed by atoms with Gasteiger partial charge in [0.25, 0.3) is 5.91 Å². The smallest absolute Gasteiger partial charge is 0.259 e. The summed E-state index contributed by atoms with van der Waals surface area (Å²) < 4.78 is 0.864. The van der Waals surface area contributed by atoms with E-state index in [9.17, 15) is 14.4 Å². The molecule has 7 rings (SSSR count). The van der Waals surface area contributed by atoms with E-state index in [1.807, 2.05) is 0 Å². The fourth-order valence-electron chi connectivity index (χ4n) is 5.93. The number of hydrogen-bond donors (Lipinski definition) is 0. The van der Waals surface area contributed by atoms with E-state index in [0.29, 0.717) is 28.1 Å². The minimum Gasteiger partial charge on any atom is -0.290 e. The molecule has 2 bridgehead atoms. The summed E-state index contributed by atoms with van der Waals surface area (Å²) in [5, 5.41) is 0.547. The topological polar surface area (TPSA) is 57.7 Å². The third-order valence-electron chi connectivity index (χ3n) is 7.51. The molecule has 0 radical (unpaired) electrons. The molecule has 0 aromatic heterocycles. The molecule has 162 valence electrons. The quantitative estimate of drug-likeness (QED) is 0.439. The van der Waals surface area contributed by atoms with Crippen molar-refractivity contribution in [3.63, 3.8) is 0 Å². The van der Waals surface area contributed by atoms with Gasteiger partial charge in [-0.05, 0) is 78.6 Å². The highest BCUT2D eigenvalue weighted by Gasteiger charge is 2.67. The van der Waals surface area contributed by atoms with E-state index < -0.39 is 0 Å². The molecule has 1 heterocycles. The Labute approximate surface area is 199 Å². The molecule has 6 atom stereocenters. The molecule has 0 spiro atoms. The van der Waals surface area contributed by atoms with Crippen LogP contribution in [0.4, 0.5) is 5.69 Å². The lowest BCUT2D eigenvalue weighted by atomic mass is 9.63.